The van der Waals surface area contributed by atoms with Gasteiger partial charge < -0.3 is 11.1 Å². The van der Waals surface area contributed by atoms with E-state index in [2.05, 4.69) is 66.5 Å². The molecule has 1 aliphatic heterocycles. The predicted octanol–water partition coefficient (Wildman–Crippen LogP) is 3.14. The van der Waals surface area contributed by atoms with E-state index in [4.69, 9.17) is 5.73 Å². The third kappa shape index (κ3) is 5.81. The molecule has 0 bridgehead atoms. The Labute approximate surface area is 174 Å². The highest BCUT2D eigenvalue weighted by molar-refractivity contribution is 5.85. The maximum Gasteiger partial charge on any atom is 0.234 e. The van der Waals surface area contributed by atoms with E-state index in [0.717, 1.165) is 19.5 Å². The number of hydrogen-bond acceptors (Lipinski definition) is 3. The number of carbonyl (C=O) groups is 1. The number of nitrogens with two attached hydrogens (primary N) is 1. The van der Waals surface area contributed by atoms with Crippen LogP contribution in [0.15, 0.2) is 54.6 Å². The molecule has 5 heteroatoms. The Kier molecular flexibility index (Phi) is 8.49. The Bertz CT molecular complexity index is 753. The van der Waals surface area contributed by atoms with Crippen molar-refractivity contribution in [2.75, 3.05) is 26.2 Å². The van der Waals surface area contributed by atoms with Gasteiger partial charge in [-0.3, -0.25) is 9.69 Å². The van der Waals surface area contributed by atoms with Gasteiger partial charge in [-0.15, -0.1) is 12.4 Å². The first kappa shape index (κ1) is 22.4. The number of halogens is 1. The van der Waals surface area contributed by atoms with Gasteiger partial charge in [0.15, 0.2) is 0 Å². The smallest absolute Gasteiger partial charge is 0.234 e. The summed E-state index contributed by atoms with van der Waals surface area (Å²) in [5, 5.41) is 3.16. The second-order valence-corrected chi connectivity index (χ2v) is 7.81. The van der Waals surface area contributed by atoms with Gasteiger partial charge >= 0.3 is 0 Å². The molecule has 1 aliphatic rings. The van der Waals surface area contributed by atoms with Crippen LogP contribution in [0.4, 0.5) is 0 Å². The molecule has 1 fully saturated rings. The second-order valence-electron chi connectivity index (χ2n) is 7.81. The average Bonchev–Trinajstić information content (AvgIpc) is 3.07. The fourth-order valence-electron chi connectivity index (χ4n) is 4.15. The van der Waals surface area contributed by atoms with E-state index in [1.807, 2.05) is 12.1 Å². The Hall–Kier alpha value is -1.88. The molecular formula is C23H32ClN3O. The fourth-order valence-corrected chi connectivity index (χ4v) is 4.15. The van der Waals surface area contributed by atoms with Crippen LogP contribution >= 0.6 is 12.4 Å². The van der Waals surface area contributed by atoms with Crippen LogP contribution in [0.25, 0.3) is 0 Å². The third-order valence-electron chi connectivity index (χ3n) is 5.61. The van der Waals surface area contributed by atoms with Gasteiger partial charge in [-0.05, 0) is 49.4 Å². The Morgan fingerprint density at radius 2 is 1.82 bits per heavy atom. The minimum absolute atomic E-state index is 0. The lowest BCUT2D eigenvalue weighted by atomic mass is 9.89. The van der Waals surface area contributed by atoms with Gasteiger partial charge in [-0.2, -0.15) is 0 Å². The van der Waals surface area contributed by atoms with Crippen molar-refractivity contribution in [1.82, 2.24) is 10.2 Å². The quantitative estimate of drug-likeness (QED) is 0.749. The number of hydrogen-bond donors (Lipinski definition) is 2. The van der Waals surface area contributed by atoms with Gasteiger partial charge in [-0.25, -0.2) is 0 Å². The van der Waals surface area contributed by atoms with E-state index < -0.39 is 0 Å². The Morgan fingerprint density at radius 1 is 1.14 bits per heavy atom. The number of likely N-dealkylation sites (tertiary alicyclic amines) is 1. The number of nitrogens with zero attached hydrogens (tertiary/aromatic N) is 1. The van der Waals surface area contributed by atoms with Crippen molar-refractivity contribution < 1.29 is 4.79 Å². The number of nitrogens with one attached hydrogen (secondary N) is 1. The van der Waals surface area contributed by atoms with Gasteiger partial charge in [-0.1, -0.05) is 54.6 Å². The minimum Gasteiger partial charge on any atom is -0.352 e. The highest BCUT2D eigenvalue weighted by atomic mass is 35.5. The van der Waals surface area contributed by atoms with Crippen molar-refractivity contribution in [2.45, 2.75) is 32.2 Å². The maximum atomic E-state index is 12.5. The first-order valence-electron chi connectivity index (χ1n) is 9.88. The number of carbonyl (C=O) groups excluding carboxylic acids is 1. The van der Waals surface area contributed by atoms with Crippen molar-refractivity contribution in [3.05, 3.63) is 71.3 Å². The number of rotatable bonds is 7. The molecule has 3 rings (SSSR count). The van der Waals surface area contributed by atoms with E-state index in [0.29, 0.717) is 24.9 Å². The SMILES string of the molecule is Cc1ccccc1CC(C)NC(=O)CN1C[C@@H](CN)[C@H](c2ccccc2)C1.Cl. The summed E-state index contributed by atoms with van der Waals surface area (Å²) >= 11 is 0. The van der Waals surface area contributed by atoms with E-state index >= 15 is 0 Å². The fraction of sp³-hybridized carbons (Fsp3) is 0.435. The normalized spacial score (nSPS) is 20.4. The summed E-state index contributed by atoms with van der Waals surface area (Å²) in [7, 11) is 0. The minimum atomic E-state index is 0. The van der Waals surface area contributed by atoms with Gasteiger partial charge in [0.1, 0.15) is 0 Å². The molecule has 0 aromatic heterocycles. The summed E-state index contributed by atoms with van der Waals surface area (Å²) in [5.74, 6) is 0.915. The number of benzene rings is 2. The van der Waals surface area contributed by atoms with Gasteiger partial charge in [0.2, 0.25) is 5.91 Å². The maximum absolute atomic E-state index is 12.5. The topological polar surface area (TPSA) is 58.4 Å². The molecule has 0 aliphatic carbocycles. The van der Waals surface area contributed by atoms with Crippen molar-refractivity contribution in [3.63, 3.8) is 0 Å². The zero-order chi connectivity index (χ0) is 19.2. The lowest BCUT2D eigenvalue weighted by Gasteiger charge is -2.19. The van der Waals surface area contributed by atoms with Gasteiger partial charge in [0.25, 0.3) is 0 Å². The highest BCUT2D eigenvalue weighted by Crippen LogP contribution is 2.31. The van der Waals surface area contributed by atoms with Crippen molar-refractivity contribution in [2.24, 2.45) is 11.7 Å². The lowest BCUT2D eigenvalue weighted by Crippen LogP contribution is -2.41. The summed E-state index contributed by atoms with van der Waals surface area (Å²) in [4.78, 5) is 14.8. The van der Waals surface area contributed by atoms with Crippen molar-refractivity contribution >= 4 is 18.3 Å². The van der Waals surface area contributed by atoms with Gasteiger partial charge in [0, 0.05) is 25.0 Å². The molecule has 1 saturated heterocycles. The molecule has 3 atom stereocenters. The van der Waals surface area contributed by atoms with Crippen molar-refractivity contribution in [3.8, 4) is 0 Å². The molecule has 152 valence electrons. The molecule has 3 N–H and O–H groups in total. The first-order chi connectivity index (χ1) is 13.1. The zero-order valence-electron chi connectivity index (χ0n) is 16.8. The summed E-state index contributed by atoms with van der Waals surface area (Å²) in [5.41, 5.74) is 9.89. The molecule has 2 aromatic carbocycles. The molecule has 1 amide bonds. The highest BCUT2D eigenvalue weighted by Gasteiger charge is 2.33. The zero-order valence-corrected chi connectivity index (χ0v) is 17.6. The van der Waals surface area contributed by atoms with Crippen LogP contribution < -0.4 is 11.1 Å². The molecule has 28 heavy (non-hydrogen) atoms. The molecule has 0 saturated carbocycles. The van der Waals surface area contributed by atoms with Crippen LogP contribution in [-0.4, -0.2) is 43.0 Å². The van der Waals surface area contributed by atoms with Crippen LogP contribution in [0.2, 0.25) is 0 Å². The summed E-state index contributed by atoms with van der Waals surface area (Å²) in [6.45, 7) is 7.06. The predicted molar refractivity (Wildman–Crippen MR) is 118 cm³/mol. The Morgan fingerprint density at radius 3 is 2.50 bits per heavy atom. The summed E-state index contributed by atoms with van der Waals surface area (Å²) in [6.07, 6.45) is 0.858. The molecule has 0 radical (unpaired) electrons. The Balaban J connectivity index is 0.00000280. The second kappa shape index (κ2) is 10.6. The van der Waals surface area contributed by atoms with Crippen LogP contribution in [0, 0.1) is 12.8 Å². The van der Waals surface area contributed by atoms with E-state index in [1.165, 1.54) is 16.7 Å². The summed E-state index contributed by atoms with van der Waals surface area (Å²) < 4.78 is 0. The monoisotopic (exact) mass is 401 g/mol. The van der Waals surface area contributed by atoms with Crippen LogP contribution in [0.1, 0.15) is 29.5 Å². The average molecular weight is 402 g/mol. The third-order valence-corrected chi connectivity index (χ3v) is 5.61. The van der Waals surface area contributed by atoms with E-state index in [-0.39, 0.29) is 24.4 Å². The van der Waals surface area contributed by atoms with Gasteiger partial charge in [0.05, 0.1) is 6.54 Å². The van der Waals surface area contributed by atoms with Crippen molar-refractivity contribution in [1.29, 1.82) is 0 Å². The molecule has 0 spiro atoms. The molecule has 4 nitrogen and oxygen atoms in total. The van der Waals surface area contributed by atoms with Crippen LogP contribution in [0.3, 0.4) is 0 Å². The molecule has 1 heterocycles. The number of amides is 1. The largest absolute Gasteiger partial charge is 0.352 e. The van der Waals surface area contributed by atoms with E-state index in [9.17, 15) is 4.79 Å². The molecular weight excluding hydrogens is 370 g/mol. The first-order valence-corrected chi connectivity index (χ1v) is 9.88. The standard InChI is InChI=1S/C23H31N3O.ClH/c1-17-8-6-7-11-20(17)12-18(2)25-23(27)16-26-14-21(13-24)22(15-26)19-9-4-3-5-10-19;/h3-11,18,21-22H,12-16,24H2,1-2H3,(H,25,27);1H/t18?,21-,22+;/m1./s1. The van der Waals surface area contributed by atoms with Crippen LogP contribution in [0.5, 0.6) is 0 Å². The molecule has 2 aromatic rings. The molecule has 1 unspecified atom stereocenters. The lowest BCUT2D eigenvalue weighted by molar-refractivity contribution is -0.122. The van der Waals surface area contributed by atoms with Crippen LogP contribution in [-0.2, 0) is 11.2 Å². The van der Waals surface area contributed by atoms with E-state index in [1.54, 1.807) is 0 Å². The summed E-state index contributed by atoms with van der Waals surface area (Å²) in [6, 6.07) is 19.0. The number of aryl methyl sites for hydroxylation is 1.